The molecule has 98 valence electrons. The van der Waals surface area contributed by atoms with E-state index in [-0.39, 0.29) is 18.9 Å². The second-order valence-electron chi connectivity index (χ2n) is 3.80. The van der Waals surface area contributed by atoms with Crippen LogP contribution in [0.2, 0.25) is 10.0 Å². The molecular formula is C12H13Cl2NO3. The molecule has 1 aromatic rings. The van der Waals surface area contributed by atoms with Crippen molar-refractivity contribution in [3.8, 4) is 0 Å². The Morgan fingerprint density at radius 2 is 2.11 bits per heavy atom. The van der Waals surface area contributed by atoms with Gasteiger partial charge in [-0.25, -0.2) is 0 Å². The van der Waals surface area contributed by atoms with Crippen molar-refractivity contribution in [3.63, 3.8) is 0 Å². The third-order valence-corrected chi connectivity index (χ3v) is 2.87. The van der Waals surface area contributed by atoms with E-state index in [0.29, 0.717) is 15.6 Å². The van der Waals surface area contributed by atoms with Gasteiger partial charge >= 0.3 is 5.97 Å². The first kappa shape index (κ1) is 14.8. The highest BCUT2D eigenvalue weighted by Gasteiger charge is 2.06. The first-order chi connectivity index (χ1) is 8.50. The van der Waals surface area contributed by atoms with Crippen molar-refractivity contribution in [2.45, 2.75) is 20.0 Å². The van der Waals surface area contributed by atoms with Crippen LogP contribution in [0.15, 0.2) is 23.4 Å². The van der Waals surface area contributed by atoms with Gasteiger partial charge in [-0.3, -0.25) is 4.79 Å². The number of rotatable bonds is 6. The Labute approximate surface area is 115 Å². The van der Waals surface area contributed by atoms with Crippen LogP contribution >= 0.6 is 23.2 Å². The van der Waals surface area contributed by atoms with E-state index in [9.17, 15) is 4.79 Å². The molecule has 1 N–H and O–H groups in total. The Bertz CT molecular complexity index is 429. The number of oxime groups is 1. The molecule has 0 fully saturated rings. The first-order valence-electron chi connectivity index (χ1n) is 5.31. The van der Waals surface area contributed by atoms with Crippen LogP contribution in [0.5, 0.6) is 0 Å². The largest absolute Gasteiger partial charge is 0.481 e. The molecule has 0 bridgehead atoms. The van der Waals surface area contributed by atoms with E-state index in [4.69, 9.17) is 33.1 Å². The number of carbonyl (C=O) groups is 1. The molecule has 0 saturated heterocycles. The zero-order valence-corrected chi connectivity index (χ0v) is 11.3. The zero-order chi connectivity index (χ0) is 13.5. The molecule has 0 radical (unpaired) electrons. The number of benzene rings is 1. The van der Waals surface area contributed by atoms with Crippen LogP contribution in [-0.2, 0) is 16.2 Å². The molecule has 0 saturated carbocycles. The Balaban J connectivity index is 2.46. The highest BCUT2D eigenvalue weighted by atomic mass is 35.5. The minimum Gasteiger partial charge on any atom is -0.481 e. The minimum atomic E-state index is -0.872. The number of hydrogen-bond donors (Lipinski definition) is 1. The highest BCUT2D eigenvalue weighted by molar-refractivity contribution is 6.35. The molecule has 0 aliphatic heterocycles. The molecule has 6 heteroatoms. The van der Waals surface area contributed by atoms with Crippen LogP contribution in [0.1, 0.15) is 18.9 Å². The summed E-state index contributed by atoms with van der Waals surface area (Å²) in [5.41, 5.74) is 0.656. The fourth-order valence-corrected chi connectivity index (χ4v) is 1.75. The van der Waals surface area contributed by atoms with Crippen LogP contribution in [0.25, 0.3) is 0 Å². The topological polar surface area (TPSA) is 58.9 Å². The molecule has 0 amide bonds. The number of carboxylic acids is 1. The maximum atomic E-state index is 10.4. The normalized spacial score (nSPS) is 12.6. The van der Waals surface area contributed by atoms with Gasteiger partial charge in [0.2, 0.25) is 0 Å². The first-order valence-corrected chi connectivity index (χ1v) is 6.06. The van der Waals surface area contributed by atoms with Gasteiger partial charge in [-0.1, -0.05) is 41.3 Å². The summed E-state index contributed by atoms with van der Waals surface area (Å²) in [6.07, 6.45) is 1.46. The van der Waals surface area contributed by atoms with E-state index in [1.165, 1.54) is 6.21 Å². The predicted molar refractivity (Wildman–Crippen MR) is 71.2 cm³/mol. The average molecular weight is 290 g/mol. The van der Waals surface area contributed by atoms with Gasteiger partial charge in [0, 0.05) is 27.7 Å². The maximum Gasteiger partial charge on any atom is 0.303 e. The molecule has 1 atom stereocenters. The molecule has 1 aromatic carbocycles. The van der Waals surface area contributed by atoms with E-state index >= 15 is 0 Å². The van der Waals surface area contributed by atoms with Gasteiger partial charge in [0.05, 0.1) is 6.42 Å². The average Bonchev–Trinajstić information content (AvgIpc) is 2.26. The van der Waals surface area contributed by atoms with Crippen LogP contribution in [0.4, 0.5) is 0 Å². The lowest BCUT2D eigenvalue weighted by Crippen LogP contribution is -2.05. The van der Waals surface area contributed by atoms with Gasteiger partial charge in [0.25, 0.3) is 0 Å². The number of halogens is 2. The van der Waals surface area contributed by atoms with Crippen molar-refractivity contribution in [3.05, 3.63) is 33.8 Å². The van der Waals surface area contributed by atoms with Gasteiger partial charge in [0.1, 0.15) is 6.61 Å². The van der Waals surface area contributed by atoms with Crippen molar-refractivity contribution in [1.29, 1.82) is 0 Å². The molecule has 0 heterocycles. The molecule has 1 rings (SSSR count). The van der Waals surface area contributed by atoms with E-state index in [2.05, 4.69) is 5.16 Å². The van der Waals surface area contributed by atoms with Gasteiger partial charge < -0.3 is 9.94 Å². The van der Waals surface area contributed by atoms with E-state index in [0.717, 1.165) is 0 Å². The van der Waals surface area contributed by atoms with Gasteiger partial charge in [0.15, 0.2) is 0 Å². The van der Waals surface area contributed by atoms with Crippen molar-refractivity contribution in [2.24, 2.45) is 11.1 Å². The Hall–Kier alpha value is -1.26. The number of hydrogen-bond acceptors (Lipinski definition) is 3. The smallest absolute Gasteiger partial charge is 0.303 e. The monoisotopic (exact) mass is 289 g/mol. The summed E-state index contributed by atoms with van der Waals surface area (Å²) in [6.45, 7) is 1.89. The van der Waals surface area contributed by atoms with Crippen LogP contribution in [0.3, 0.4) is 0 Å². The summed E-state index contributed by atoms with van der Waals surface area (Å²) in [5.74, 6) is -1.06. The molecule has 0 aliphatic carbocycles. The van der Waals surface area contributed by atoms with Crippen molar-refractivity contribution in [1.82, 2.24) is 0 Å². The Morgan fingerprint density at radius 3 is 2.67 bits per heavy atom. The number of aliphatic carboxylic acids is 1. The molecule has 0 aromatic heterocycles. The molecule has 4 nitrogen and oxygen atoms in total. The van der Waals surface area contributed by atoms with Crippen LogP contribution < -0.4 is 0 Å². The lowest BCUT2D eigenvalue weighted by molar-refractivity contribution is -0.137. The quantitative estimate of drug-likeness (QED) is 0.643. The van der Waals surface area contributed by atoms with Crippen molar-refractivity contribution >= 4 is 35.4 Å². The summed E-state index contributed by atoms with van der Waals surface area (Å²) < 4.78 is 0. The summed E-state index contributed by atoms with van der Waals surface area (Å²) in [4.78, 5) is 15.5. The SMILES string of the molecule is C[C@H](C=NOCc1c(Cl)cccc1Cl)CC(=O)O. The Morgan fingerprint density at radius 1 is 1.50 bits per heavy atom. The van der Waals surface area contributed by atoms with Crippen molar-refractivity contribution < 1.29 is 14.7 Å². The van der Waals surface area contributed by atoms with Gasteiger partial charge in [-0.2, -0.15) is 0 Å². The number of nitrogens with zero attached hydrogens (tertiary/aromatic N) is 1. The summed E-state index contributed by atoms with van der Waals surface area (Å²) in [6, 6.07) is 5.16. The maximum absolute atomic E-state index is 10.4. The van der Waals surface area contributed by atoms with Gasteiger partial charge in [-0.15, -0.1) is 0 Å². The zero-order valence-electron chi connectivity index (χ0n) is 9.77. The second kappa shape index (κ2) is 7.24. The number of carboxylic acid groups (broad SMARTS) is 1. The fraction of sp³-hybridized carbons (Fsp3) is 0.333. The van der Waals surface area contributed by atoms with E-state index in [1.54, 1.807) is 25.1 Å². The van der Waals surface area contributed by atoms with Gasteiger partial charge in [-0.05, 0) is 12.1 Å². The minimum absolute atomic E-state index is 0.0136. The third kappa shape index (κ3) is 4.94. The van der Waals surface area contributed by atoms with Crippen LogP contribution in [-0.4, -0.2) is 17.3 Å². The predicted octanol–water partition coefficient (Wildman–Crippen LogP) is 3.61. The molecule has 0 aliphatic rings. The van der Waals surface area contributed by atoms with Crippen molar-refractivity contribution in [2.75, 3.05) is 0 Å². The summed E-state index contributed by atoms with van der Waals surface area (Å²) in [5, 5.41) is 13.3. The van der Waals surface area contributed by atoms with Crippen LogP contribution in [0, 0.1) is 5.92 Å². The van der Waals surface area contributed by atoms with E-state index in [1.807, 2.05) is 0 Å². The van der Waals surface area contributed by atoms with E-state index < -0.39 is 5.97 Å². The second-order valence-corrected chi connectivity index (χ2v) is 4.62. The Kier molecular flexibility index (Phi) is 5.95. The standard InChI is InChI=1S/C12H13Cl2NO3/c1-8(5-12(16)17)6-15-18-7-9-10(13)3-2-4-11(9)14/h2-4,6,8H,5,7H2,1H3,(H,16,17)/t8-/m0/s1. The fourth-order valence-electron chi connectivity index (χ4n) is 1.25. The molecular weight excluding hydrogens is 277 g/mol. The summed E-state index contributed by atoms with van der Waals surface area (Å²) >= 11 is 11.9. The lowest BCUT2D eigenvalue weighted by Gasteiger charge is -2.05. The molecule has 0 unspecified atom stereocenters. The molecule has 0 spiro atoms. The summed E-state index contributed by atoms with van der Waals surface area (Å²) in [7, 11) is 0. The lowest BCUT2D eigenvalue weighted by atomic mass is 10.1. The molecule has 18 heavy (non-hydrogen) atoms. The highest BCUT2D eigenvalue weighted by Crippen LogP contribution is 2.24. The third-order valence-electron chi connectivity index (χ3n) is 2.16.